The lowest BCUT2D eigenvalue weighted by molar-refractivity contribution is -0.159. The van der Waals surface area contributed by atoms with Gasteiger partial charge in [-0.25, -0.2) is 19.6 Å². The van der Waals surface area contributed by atoms with Crippen LogP contribution in [-0.2, 0) is 16.1 Å². The van der Waals surface area contributed by atoms with Crippen LogP contribution in [0.25, 0.3) is 10.2 Å². The molecule has 3 heterocycles. The highest BCUT2D eigenvalue weighted by molar-refractivity contribution is 7.18. The van der Waals surface area contributed by atoms with Crippen molar-refractivity contribution in [1.29, 1.82) is 0 Å². The Balaban J connectivity index is 0.000000534. The number of β-amino-alcohol motifs (C(OH)–C–C–N with tert-alkyl or cyclic N) is 1. The molecular weight excluding hydrogens is 434 g/mol. The van der Waals surface area contributed by atoms with Gasteiger partial charge in [0.05, 0.1) is 18.5 Å². The Morgan fingerprint density at radius 3 is 2.12 bits per heavy atom. The third-order valence-corrected chi connectivity index (χ3v) is 6.69. The summed E-state index contributed by atoms with van der Waals surface area (Å²) in [5.41, 5.74) is 1.31. The van der Waals surface area contributed by atoms with Gasteiger partial charge in [-0.1, -0.05) is 13.8 Å². The Kier molecular flexibility index (Phi) is 9.76. The van der Waals surface area contributed by atoms with E-state index in [0.717, 1.165) is 68.8 Å². The number of carbonyl (C=O) groups is 2. The lowest BCUT2D eigenvalue weighted by Crippen LogP contribution is -2.47. The first-order valence-electron chi connectivity index (χ1n) is 10.7. The van der Waals surface area contributed by atoms with Gasteiger partial charge in [0.1, 0.15) is 16.5 Å². The topological polar surface area (TPSA) is 130 Å². The number of piperazine rings is 1. The molecule has 0 bridgehead atoms. The lowest BCUT2D eigenvalue weighted by Gasteiger charge is -2.35. The predicted octanol–water partition coefficient (Wildman–Crippen LogP) is 1.42. The molecule has 0 radical (unpaired) electrons. The van der Waals surface area contributed by atoms with Crippen LogP contribution in [0.15, 0.2) is 0 Å². The Bertz CT molecular complexity index is 911. The van der Waals surface area contributed by atoms with Crippen molar-refractivity contribution in [3.63, 3.8) is 0 Å². The van der Waals surface area contributed by atoms with E-state index in [1.807, 2.05) is 0 Å². The predicted molar refractivity (Wildman–Crippen MR) is 125 cm³/mol. The molecule has 2 aromatic rings. The maximum Gasteiger partial charge on any atom is 0.414 e. The molecule has 0 spiro atoms. The zero-order valence-electron chi connectivity index (χ0n) is 19.2. The first-order valence-corrected chi connectivity index (χ1v) is 11.6. The van der Waals surface area contributed by atoms with Crippen molar-refractivity contribution in [2.75, 3.05) is 57.3 Å². The summed E-state index contributed by atoms with van der Waals surface area (Å²) in [5, 5.41) is 25.2. The molecule has 0 atom stereocenters. The molecule has 1 aliphatic heterocycles. The summed E-state index contributed by atoms with van der Waals surface area (Å²) in [6, 6.07) is 0. The van der Waals surface area contributed by atoms with Crippen LogP contribution >= 0.6 is 11.3 Å². The maximum absolute atomic E-state index is 9.17. The molecule has 1 aliphatic rings. The van der Waals surface area contributed by atoms with Gasteiger partial charge in [-0.2, -0.15) is 0 Å². The molecule has 11 heteroatoms. The molecule has 178 valence electrons. The molecule has 1 fully saturated rings. The number of rotatable bonds is 7. The van der Waals surface area contributed by atoms with E-state index in [4.69, 9.17) is 34.9 Å². The standard InChI is InChI=1S/C19H31N5OS.C2H2O4/c1-5-22(6-2)13-16-20-18(17-14(3)15(4)26-19(17)21-16)24-9-7-23(8-10-24)11-12-25;3-1(4)2(5)6/h25H,5-13H2,1-4H3;(H,3,4)(H,5,6). The fraction of sp³-hybridized carbons (Fsp3) is 0.619. The van der Waals surface area contributed by atoms with Crippen LogP contribution in [0.2, 0.25) is 0 Å². The summed E-state index contributed by atoms with van der Waals surface area (Å²) < 4.78 is 0. The Morgan fingerprint density at radius 2 is 1.62 bits per heavy atom. The second kappa shape index (κ2) is 12.0. The average Bonchev–Trinajstić information content (AvgIpc) is 3.06. The molecule has 0 aromatic carbocycles. The molecule has 3 N–H and O–H groups in total. The Labute approximate surface area is 192 Å². The number of aryl methyl sites for hydroxylation is 2. The number of carboxylic acid groups (broad SMARTS) is 2. The fourth-order valence-electron chi connectivity index (χ4n) is 3.54. The lowest BCUT2D eigenvalue weighted by atomic mass is 10.2. The van der Waals surface area contributed by atoms with E-state index >= 15 is 0 Å². The third kappa shape index (κ3) is 6.58. The van der Waals surface area contributed by atoms with E-state index in [0.29, 0.717) is 0 Å². The van der Waals surface area contributed by atoms with Crippen molar-refractivity contribution in [3.8, 4) is 0 Å². The van der Waals surface area contributed by atoms with Crippen molar-refractivity contribution < 1.29 is 24.9 Å². The first-order chi connectivity index (χ1) is 15.2. The highest BCUT2D eigenvalue weighted by Crippen LogP contribution is 2.35. The van der Waals surface area contributed by atoms with Crippen molar-refractivity contribution in [1.82, 2.24) is 19.8 Å². The minimum absolute atomic E-state index is 0.231. The van der Waals surface area contributed by atoms with Gasteiger partial charge in [-0.3, -0.25) is 9.80 Å². The molecule has 0 amide bonds. The van der Waals surface area contributed by atoms with E-state index in [-0.39, 0.29) is 6.61 Å². The summed E-state index contributed by atoms with van der Waals surface area (Å²) >= 11 is 1.78. The summed E-state index contributed by atoms with van der Waals surface area (Å²) in [6.45, 7) is 16.4. The van der Waals surface area contributed by atoms with Gasteiger partial charge in [0.25, 0.3) is 0 Å². The van der Waals surface area contributed by atoms with Crippen LogP contribution in [0.1, 0.15) is 30.1 Å². The number of fused-ring (bicyclic) bond motifs is 1. The maximum atomic E-state index is 9.17. The van der Waals surface area contributed by atoms with Crippen molar-refractivity contribution in [2.24, 2.45) is 0 Å². The van der Waals surface area contributed by atoms with E-state index in [9.17, 15) is 0 Å². The van der Waals surface area contributed by atoms with Gasteiger partial charge in [0.2, 0.25) is 0 Å². The quantitative estimate of drug-likeness (QED) is 0.514. The number of hydrogen-bond donors (Lipinski definition) is 3. The summed E-state index contributed by atoms with van der Waals surface area (Å²) in [5.74, 6) is -1.62. The van der Waals surface area contributed by atoms with Gasteiger partial charge >= 0.3 is 11.9 Å². The molecule has 1 saturated heterocycles. The minimum atomic E-state index is -1.82. The average molecular weight is 468 g/mol. The van der Waals surface area contributed by atoms with E-state index < -0.39 is 11.9 Å². The number of aromatic nitrogens is 2. The third-order valence-electron chi connectivity index (χ3n) is 5.59. The summed E-state index contributed by atoms with van der Waals surface area (Å²) in [6.07, 6.45) is 0. The zero-order valence-corrected chi connectivity index (χ0v) is 20.0. The summed E-state index contributed by atoms with van der Waals surface area (Å²) in [7, 11) is 0. The van der Waals surface area contributed by atoms with Crippen LogP contribution < -0.4 is 4.90 Å². The zero-order chi connectivity index (χ0) is 23.8. The number of carboxylic acids is 2. The second-order valence-corrected chi connectivity index (χ2v) is 8.75. The van der Waals surface area contributed by atoms with Crippen LogP contribution in [0.5, 0.6) is 0 Å². The van der Waals surface area contributed by atoms with Gasteiger partial charge in [0.15, 0.2) is 0 Å². The van der Waals surface area contributed by atoms with E-state index in [1.54, 1.807) is 11.3 Å². The normalized spacial score (nSPS) is 14.5. The SMILES string of the molecule is CCN(CC)Cc1nc(N2CCN(CCO)CC2)c2c(C)c(C)sc2n1.O=C(O)C(=O)O. The molecule has 0 aliphatic carbocycles. The van der Waals surface area contributed by atoms with Crippen molar-refractivity contribution in [3.05, 3.63) is 16.3 Å². The minimum Gasteiger partial charge on any atom is -0.473 e. The highest BCUT2D eigenvalue weighted by atomic mass is 32.1. The number of aliphatic carboxylic acids is 2. The summed E-state index contributed by atoms with van der Waals surface area (Å²) in [4.78, 5) is 37.6. The second-order valence-electron chi connectivity index (χ2n) is 7.55. The van der Waals surface area contributed by atoms with Gasteiger partial charge < -0.3 is 20.2 Å². The fourth-order valence-corrected chi connectivity index (χ4v) is 4.59. The largest absolute Gasteiger partial charge is 0.473 e. The van der Waals surface area contributed by atoms with Crippen molar-refractivity contribution in [2.45, 2.75) is 34.2 Å². The van der Waals surface area contributed by atoms with Crippen LogP contribution in [-0.4, -0.2) is 99.4 Å². The van der Waals surface area contributed by atoms with Crippen LogP contribution in [0.3, 0.4) is 0 Å². The van der Waals surface area contributed by atoms with E-state index in [2.05, 4.69) is 42.4 Å². The number of aliphatic hydroxyl groups is 1. The highest BCUT2D eigenvalue weighted by Gasteiger charge is 2.23. The molecule has 0 saturated carbocycles. The Hall–Kier alpha value is -2.34. The number of aliphatic hydroxyl groups excluding tert-OH is 1. The first kappa shape index (κ1) is 25.9. The molecule has 32 heavy (non-hydrogen) atoms. The van der Waals surface area contributed by atoms with Gasteiger partial charge in [-0.15, -0.1) is 11.3 Å². The number of nitrogens with zero attached hydrogens (tertiary/aromatic N) is 5. The van der Waals surface area contributed by atoms with Crippen molar-refractivity contribution >= 4 is 39.3 Å². The molecular formula is C21H33N5O5S. The molecule has 2 aromatic heterocycles. The van der Waals surface area contributed by atoms with E-state index in [1.165, 1.54) is 15.8 Å². The van der Waals surface area contributed by atoms with Gasteiger partial charge in [-0.05, 0) is 32.5 Å². The number of hydrogen-bond acceptors (Lipinski definition) is 9. The molecule has 10 nitrogen and oxygen atoms in total. The number of thiophene rings is 1. The van der Waals surface area contributed by atoms with Gasteiger partial charge in [0, 0.05) is 37.6 Å². The van der Waals surface area contributed by atoms with Crippen LogP contribution in [0.4, 0.5) is 5.82 Å². The molecule has 0 unspecified atom stereocenters. The van der Waals surface area contributed by atoms with Crippen LogP contribution in [0, 0.1) is 13.8 Å². The smallest absolute Gasteiger partial charge is 0.414 e. The Morgan fingerprint density at radius 1 is 1.03 bits per heavy atom. The monoisotopic (exact) mass is 467 g/mol. The molecule has 3 rings (SSSR count). The number of anilines is 1.